The quantitative estimate of drug-likeness (QED) is 0.572. The van der Waals surface area contributed by atoms with Gasteiger partial charge in [0.1, 0.15) is 6.10 Å². The minimum atomic E-state index is -0.742. The maximum atomic E-state index is 12.7. The van der Waals surface area contributed by atoms with Crippen molar-refractivity contribution >= 4 is 35.1 Å². The molecule has 3 amide bonds. The molecule has 2 saturated heterocycles. The van der Waals surface area contributed by atoms with E-state index in [9.17, 15) is 14.7 Å². The first-order chi connectivity index (χ1) is 15.4. The number of fused-ring (bicyclic) bond motifs is 1. The number of rotatable bonds is 6. The lowest BCUT2D eigenvalue weighted by molar-refractivity contribution is -0.150. The number of carbonyl (C=O) groups is 2. The first-order valence-corrected chi connectivity index (χ1v) is 11.8. The molecule has 0 radical (unpaired) electrons. The molecule has 2 fully saturated rings. The number of β-amino-alcohol motifs (C(OH)–C–C–N with tert-alkyl or cyclic N) is 1. The Labute approximate surface area is 198 Å². The molecular weight excluding hydrogens is 457 g/mol. The van der Waals surface area contributed by atoms with Gasteiger partial charge in [0.25, 0.3) is 0 Å². The fraction of sp³-hybridized carbons (Fsp3) is 0.636. The van der Waals surface area contributed by atoms with E-state index in [1.54, 1.807) is 17.0 Å². The fourth-order valence-electron chi connectivity index (χ4n) is 4.04. The largest absolute Gasteiger partial charge is 0.389 e. The fourth-order valence-corrected chi connectivity index (χ4v) is 4.36. The van der Waals surface area contributed by atoms with Crippen molar-refractivity contribution < 1.29 is 24.2 Å². The molecule has 178 valence electrons. The Kier molecular flexibility index (Phi) is 9.43. The van der Waals surface area contributed by atoms with E-state index < -0.39 is 6.10 Å². The van der Waals surface area contributed by atoms with Crippen LogP contribution in [0.4, 0.5) is 4.79 Å². The standard InChI is InChI=1S/C22H31Cl2N3O5/c1-2-7-25-22(30)27-11-15(28)12-31-13-20-19(27)6-4-16(32-20)9-21(29)26-10-14-3-5-17(23)18(24)8-14/h3,5,8,15-16,19-20,28H,2,4,6-7,9-13H2,1H3,(H,25,30)(H,26,29)/t15-,16-,19+,20-/m0/s1. The number of benzene rings is 1. The summed E-state index contributed by atoms with van der Waals surface area (Å²) in [6.45, 7) is 3.50. The van der Waals surface area contributed by atoms with Crippen LogP contribution in [0.1, 0.15) is 38.2 Å². The van der Waals surface area contributed by atoms with E-state index in [2.05, 4.69) is 10.6 Å². The number of halogens is 2. The molecule has 0 aliphatic carbocycles. The zero-order valence-corrected chi connectivity index (χ0v) is 19.7. The summed E-state index contributed by atoms with van der Waals surface area (Å²) in [4.78, 5) is 26.8. The SMILES string of the molecule is CCCNC(=O)N1C[C@H](O)COC[C@@H]2O[C@H](CC(=O)NCc3ccc(Cl)c(Cl)c3)CC[C@H]21. The number of hydrogen-bond donors (Lipinski definition) is 3. The van der Waals surface area contributed by atoms with Crippen LogP contribution in [0.2, 0.25) is 10.0 Å². The number of aliphatic hydroxyl groups is 1. The molecule has 3 N–H and O–H groups in total. The van der Waals surface area contributed by atoms with E-state index in [0.29, 0.717) is 36.0 Å². The van der Waals surface area contributed by atoms with Crippen molar-refractivity contribution in [3.63, 3.8) is 0 Å². The Balaban J connectivity index is 1.55. The average Bonchev–Trinajstić information content (AvgIpc) is 2.76. The molecule has 0 spiro atoms. The van der Waals surface area contributed by atoms with Gasteiger partial charge in [0.05, 0.1) is 54.5 Å². The van der Waals surface area contributed by atoms with Gasteiger partial charge >= 0.3 is 6.03 Å². The molecule has 2 aliphatic heterocycles. The predicted octanol–water partition coefficient (Wildman–Crippen LogP) is 2.73. The van der Waals surface area contributed by atoms with Gasteiger partial charge in [0.15, 0.2) is 0 Å². The van der Waals surface area contributed by atoms with Crippen molar-refractivity contribution in [3.05, 3.63) is 33.8 Å². The Hall–Kier alpha value is -1.58. The van der Waals surface area contributed by atoms with Crippen LogP contribution in [-0.4, -0.2) is 72.6 Å². The lowest BCUT2D eigenvalue weighted by atomic mass is 9.95. The highest BCUT2D eigenvalue weighted by Crippen LogP contribution is 2.28. The van der Waals surface area contributed by atoms with Crippen molar-refractivity contribution in [3.8, 4) is 0 Å². The Morgan fingerprint density at radius 3 is 2.75 bits per heavy atom. The summed E-state index contributed by atoms with van der Waals surface area (Å²) in [5.41, 5.74) is 0.859. The van der Waals surface area contributed by atoms with Crippen molar-refractivity contribution in [2.45, 2.75) is 63.5 Å². The van der Waals surface area contributed by atoms with E-state index >= 15 is 0 Å². The molecule has 2 heterocycles. The van der Waals surface area contributed by atoms with Crippen LogP contribution in [0.3, 0.4) is 0 Å². The minimum absolute atomic E-state index is 0.126. The van der Waals surface area contributed by atoms with Gasteiger partial charge in [0.2, 0.25) is 5.91 Å². The van der Waals surface area contributed by atoms with Gasteiger partial charge in [-0.15, -0.1) is 0 Å². The van der Waals surface area contributed by atoms with Gasteiger partial charge in [-0.2, -0.15) is 0 Å². The van der Waals surface area contributed by atoms with Crippen molar-refractivity contribution in [2.75, 3.05) is 26.3 Å². The first-order valence-electron chi connectivity index (χ1n) is 11.0. The number of urea groups is 1. The van der Waals surface area contributed by atoms with Crippen LogP contribution >= 0.6 is 23.2 Å². The number of ether oxygens (including phenoxy) is 2. The lowest BCUT2D eigenvalue weighted by Gasteiger charge is -2.44. The summed E-state index contributed by atoms with van der Waals surface area (Å²) in [5, 5.41) is 16.8. The highest BCUT2D eigenvalue weighted by atomic mass is 35.5. The third-order valence-corrected chi connectivity index (χ3v) is 6.39. The van der Waals surface area contributed by atoms with Crippen molar-refractivity contribution in [2.24, 2.45) is 0 Å². The number of hydrogen-bond acceptors (Lipinski definition) is 5. The van der Waals surface area contributed by atoms with Crippen LogP contribution < -0.4 is 10.6 Å². The molecule has 0 saturated carbocycles. The smallest absolute Gasteiger partial charge is 0.317 e. The molecule has 10 heteroatoms. The second kappa shape index (κ2) is 12.0. The topological polar surface area (TPSA) is 100 Å². The van der Waals surface area contributed by atoms with Crippen LogP contribution in [-0.2, 0) is 20.8 Å². The average molecular weight is 488 g/mol. The van der Waals surface area contributed by atoms with E-state index in [4.69, 9.17) is 32.7 Å². The van der Waals surface area contributed by atoms with Gasteiger partial charge in [-0.25, -0.2) is 4.79 Å². The van der Waals surface area contributed by atoms with Crippen molar-refractivity contribution in [1.29, 1.82) is 0 Å². The molecule has 2 aliphatic rings. The minimum Gasteiger partial charge on any atom is -0.389 e. The van der Waals surface area contributed by atoms with Gasteiger partial charge in [-0.1, -0.05) is 36.2 Å². The molecule has 0 bridgehead atoms. The van der Waals surface area contributed by atoms with Gasteiger partial charge in [-0.3, -0.25) is 4.79 Å². The summed E-state index contributed by atoms with van der Waals surface area (Å²) in [6, 6.07) is 4.82. The number of carbonyl (C=O) groups excluding carboxylic acids is 2. The maximum Gasteiger partial charge on any atom is 0.317 e. The van der Waals surface area contributed by atoms with Gasteiger partial charge < -0.3 is 30.1 Å². The molecule has 32 heavy (non-hydrogen) atoms. The van der Waals surface area contributed by atoms with Gasteiger partial charge in [-0.05, 0) is 37.0 Å². The monoisotopic (exact) mass is 487 g/mol. The van der Waals surface area contributed by atoms with E-state index in [0.717, 1.165) is 12.0 Å². The number of nitrogens with zero attached hydrogens (tertiary/aromatic N) is 1. The molecule has 3 rings (SSSR count). The molecular formula is C22H31Cl2N3O5. The van der Waals surface area contributed by atoms with E-state index in [1.165, 1.54) is 0 Å². The lowest BCUT2D eigenvalue weighted by Crippen LogP contribution is -2.59. The molecule has 1 aromatic carbocycles. The van der Waals surface area contributed by atoms with Gasteiger partial charge in [0, 0.05) is 13.1 Å². The number of aliphatic hydroxyl groups excluding tert-OH is 1. The number of amides is 3. The first kappa shape index (κ1) is 25.1. The molecule has 4 atom stereocenters. The highest BCUT2D eigenvalue weighted by Gasteiger charge is 2.39. The molecule has 0 aromatic heterocycles. The zero-order chi connectivity index (χ0) is 23.1. The molecule has 0 unspecified atom stereocenters. The normalized spacial score (nSPS) is 25.9. The second-order valence-electron chi connectivity index (χ2n) is 8.25. The molecule has 1 aromatic rings. The summed E-state index contributed by atoms with van der Waals surface area (Å²) < 4.78 is 11.8. The number of nitrogens with one attached hydrogen (secondary N) is 2. The van der Waals surface area contributed by atoms with Crippen LogP contribution in [0.5, 0.6) is 0 Å². The predicted molar refractivity (Wildman–Crippen MR) is 122 cm³/mol. The van der Waals surface area contributed by atoms with E-state index in [-0.39, 0.29) is 56.4 Å². The zero-order valence-electron chi connectivity index (χ0n) is 18.2. The second-order valence-corrected chi connectivity index (χ2v) is 9.06. The molecule has 8 nitrogen and oxygen atoms in total. The maximum absolute atomic E-state index is 12.7. The van der Waals surface area contributed by atoms with E-state index in [1.807, 2.05) is 13.0 Å². The third-order valence-electron chi connectivity index (χ3n) is 5.65. The summed E-state index contributed by atoms with van der Waals surface area (Å²) in [5.74, 6) is -0.126. The van der Waals surface area contributed by atoms with Crippen LogP contribution in [0, 0.1) is 0 Å². The Morgan fingerprint density at radius 2 is 2.00 bits per heavy atom. The Bertz CT molecular complexity index is 797. The van der Waals surface area contributed by atoms with Crippen molar-refractivity contribution in [1.82, 2.24) is 15.5 Å². The summed E-state index contributed by atoms with van der Waals surface area (Å²) in [7, 11) is 0. The Morgan fingerprint density at radius 1 is 1.19 bits per heavy atom. The van der Waals surface area contributed by atoms with Crippen LogP contribution in [0.15, 0.2) is 18.2 Å². The third kappa shape index (κ3) is 6.96. The van der Waals surface area contributed by atoms with Crippen LogP contribution in [0.25, 0.3) is 0 Å². The summed E-state index contributed by atoms with van der Waals surface area (Å²) in [6.07, 6.45) is 0.994. The summed E-state index contributed by atoms with van der Waals surface area (Å²) >= 11 is 11.9. The highest BCUT2D eigenvalue weighted by molar-refractivity contribution is 6.42.